The molecular weight excluding hydrogens is 242 g/mol. The van der Waals surface area contributed by atoms with Crippen LogP contribution in [-0.2, 0) is 0 Å². The lowest BCUT2D eigenvalue weighted by atomic mass is 10.0. The van der Waals surface area contributed by atoms with E-state index >= 15 is 0 Å². The molecule has 1 aliphatic carbocycles. The molecule has 94 valence electrons. The summed E-state index contributed by atoms with van der Waals surface area (Å²) in [7, 11) is 0. The third kappa shape index (κ3) is 1.99. The second-order valence-corrected chi connectivity index (χ2v) is 4.08. The summed E-state index contributed by atoms with van der Waals surface area (Å²) in [5.41, 5.74) is 4.25. The number of carbonyl (C=O) groups is 1. The molecule has 2 rings (SSSR count). The van der Waals surface area contributed by atoms with Crippen molar-refractivity contribution in [2.75, 3.05) is 0 Å². The molecule has 1 saturated carbocycles. The number of amides is 1. The van der Waals surface area contributed by atoms with E-state index in [4.69, 9.17) is 5.73 Å². The molecule has 0 unspecified atom stereocenters. The maximum Gasteiger partial charge on any atom is 0.346 e. The van der Waals surface area contributed by atoms with Gasteiger partial charge in [0.05, 0.1) is 9.85 Å². The Balaban J connectivity index is 2.67. The summed E-state index contributed by atoms with van der Waals surface area (Å²) in [6, 6.07) is 1.99. The van der Waals surface area contributed by atoms with Crippen LogP contribution in [0.1, 0.15) is 34.7 Å². The number of nitrogens with two attached hydrogens (primary N) is 1. The molecular formula is C10H9N3O5. The molecule has 0 aromatic heterocycles. The zero-order chi connectivity index (χ0) is 13.4. The Morgan fingerprint density at radius 3 is 2.06 bits per heavy atom. The molecule has 1 aromatic rings. The van der Waals surface area contributed by atoms with Gasteiger partial charge in [-0.05, 0) is 24.3 Å². The van der Waals surface area contributed by atoms with E-state index in [9.17, 15) is 25.0 Å². The van der Waals surface area contributed by atoms with Crippen molar-refractivity contribution in [3.05, 3.63) is 43.5 Å². The van der Waals surface area contributed by atoms with Crippen LogP contribution in [-0.4, -0.2) is 15.8 Å². The van der Waals surface area contributed by atoms with Crippen LogP contribution in [0.5, 0.6) is 0 Å². The highest BCUT2D eigenvalue weighted by atomic mass is 16.6. The summed E-state index contributed by atoms with van der Waals surface area (Å²) in [6.45, 7) is 0. The fourth-order valence-corrected chi connectivity index (χ4v) is 1.83. The van der Waals surface area contributed by atoms with E-state index in [0.717, 1.165) is 25.0 Å². The van der Waals surface area contributed by atoms with Gasteiger partial charge in [0.15, 0.2) is 0 Å². The molecule has 0 radical (unpaired) electrons. The average molecular weight is 251 g/mol. The molecule has 0 atom stereocenters. The van der Waals surface area contributed by atoms with E-state index in [-0.39, 0.29) is 11.5 Å². The molecule has 8 heteroatoms. The van der Waals surface area contributed by atoms with Crippen molar-refractivity contribution in [2.24, 2.45) is 5.73 Å². The molecule has 0 saturated heterocycles. The van der Waals surface area contributed by atoms with Crippen LogP contribution in [0, 0.1) is 20.2 Å². The molecule has 0 aliphatic heterocycles. The summed E-state index contributed by atoms with van der Waals surface area (Å²) < 4.78 is 0. The average Bonchev–Trinajstić information content (AvgIpc) is 3.10. The number of nitro groups is 2. The van der Waals surface area contributed by atoms with Gasteiger partial charge in [-0.2, -0.15) is 0 Å². The molecule has 0 bridgehead atoms. The van der Waals surface area contributed by atoms with E-state index in [1.807, 2.05) is 0 Å². The predicted molar refractivity (Wildman–Crippen MR) is 60.2 cm³/mol. The van der Waals surface area contributed by atoms with Crippen molar-refractivity contribution >= 4 is 17.3 Å². The van der Waals surface area contributed by atoms with E-state index < -0.39 is 27.1 Å². The van der Waals surface area contributed by atoms with Crippen molar-refractivity contribution in [1.82, 2.24) is 0 Å². The van der Waals surface area contributed by atoms with Gasteiger partial charge >= 0.3 is 11.4 Å². The largest absolute Gasteiger partial charge is 0.366 e. The van der Waals surface area contributed by atoms with Crippen LogP contribution in [0.25, 0.3) is 0 Å². The second kappa shape index (κ2) is 4.06. The molecule has 0 spiro atoms. The molecule has 2 N–H and O–H groups in total. The van der Waals surface area contributed by atoms with Crippen LogP contribution >= 0.6 is 0 Å². The van der Waals surface area contributed by atoms with Crippen molar-refractivity contribution in [2.45, 2.75) is 18.8 Å². The first-order valence-electron chi connectivity index (χ1n) is 5.18. The quantitative estimate of drug-likeness (QED) is 0.639. The summed E-state index contributed by atoms with van der Waals surface area (Å²) in [6.07, 6.45) is 1.60. The van der Waals surface area contributed by atoms with Crippen LogP contribution < -0.4 is 5.73 Å². The Labute approximate surface area is 101 Å². The van der Waals surface area contributed by atoms with Crippen molar-refractivity contribution in [1.29, 1.82) is 0 Å². The van der Waals surface area contributed by atoms with Gasteiger partial charge in [0.2, 0.25) is 5.91 Å². The summed E-state index contributed by atoms with van der Waals surface area (Å²) in [5.74, 6) is -0.776. The smallest absolute Gasteiger partial charge is 0.346 e. The van der Waals surface area contributed by atoms with Gasteiger partial charge in [0, 0.05) is 17.7 Å². The van der Waals surface area contributed by atoms with E-state index in [1.54, 1.807) is 0 Å². The van der Waals surface area contributed by atoms with Crippen LogP contribution in [0.3, 0.4) is 0 Å². The lowest BCUT2D eigenvalue weighted by molar-refractivity contribution is -0.422. The van der Waals surface area contributed by atoms with Crippen LogP contribution in [0.4, 0.5) is 11.4 Å². The summed E-state index contributed by atoms with van der Waals surface area (Å²) >= 11 is 0. The van der Waals surface area contributed by atoms with Gasteiger partial charge in [0.25, 0.3) is 0 Å². The molecule has 18 heavy (non-hydrogen) atoms. The Morgan fingerprint density at radius 1 is 1.17 bits per heavy atom. The molecule has 8 nitrogen and oxygen atoms in total. The highest BCUT2D eigenvalue weighted by molar-refractivity contribution is 5.96. The molecule has 1 amide bonds. The maximum absolute atomic E-state index is 11.2. The third-order valence-electron chi connectivity index (χ3n) is 2.82. The lowest BCUT2D eigenvalue weighted by Gasteiger charge is -2.05. The highest BCUT2D eigenvalue weighted by Gasteiger charge is 2.34. The fraction of sp³-hybridized carbons (Fsp3) is 0.300. The molecule has 1 aliphatic rings. The highest BCUT2D eigenvalue weighted by Crippen LogP contribution is 2.44. The second-order valence-electron chi connectivity index (χ2n) is 4.08. The molecule has 1 aromatic carbocycles. The molecule has 1 fully saturated rings. The topological polar surface area (TPSA) is 129 Å². The minimum absolute atomic E-state index is 0.00481. The van der Waals surface area contributed by atoms with Gasteiger partial charge in [-0.3, -0.25) is 25.0 Å². The van der Waals surface area contributed by atoms with Gasteiger partial charge in [-0.15, -0.1) is 0 Å². The number of rotatable bonds is 4. The van der Waals surface area contributed by atoms with E-state index in [2.05, 4.69) is 0 Å². The standard InChI is InChI=1S/C10H9N3O5/c11-10(14)7-4-9(13(17)18)8(12(15)16)3-6(7)5-1-2-5/h3-5H,1-2H2,(H2,11,14). The van der Waals surface area contributed by atoms with Crippen molar-refractivity contribution in [3.8, 4) is 0 Å². The predicted octanol–water partition coefficient (Wildman–Crippen LogP) is 1.48. The first-order chi connectivity index (χ1) is 8.41. The number of nitrogens with zero attached hydrogens (tertiary/aromatic N) is 2. The van der Waals surface area contributed by atoms with Crippen molar-refractivity contribution in [3.63, 3.8) is 0 Å². The zero-order valence-electron chi connectivity index (χ0n) is 9.16. The number of nitro benzene ring substituents is 2. The van der Waals surface area contributed by atoms with E-state index in [1.165, 1.54) is 0 Å². The number of hydrogen-bond acceptors (Lipinski definition) is 5. The van der Waals surface area contributed by atoms with Gasteiger partial charge in [0.1, 0.15) is 0 Å². The first-order valence-corrected chi connectivity index (χ1v) is 5.18. The van der Waals surface area contributed by atoms with Crippen molar-refractivity contribution < 1.29 is 14.6 Å². The van der Waals surface area contributed by atoms with Gasteiger partial charge in [-0.1, -0.05) is 0 Å². The van der Waals surface area contributed by atoms with E-state index in [0.29, 0.717) is 5.56 Å². The number of carbonyl (C=O) groups excluding carboxylic acids is 1. The summed E-state index contributed by atoms with van der Waals surface area (Å²) in [5, 5.41) is 21.5. The molecule has 0 heterocycles. The minimum atomic E-state index is -0.888. The lowest BCUT2D eigenvalue weighted by Crippen LogP contribution is -2.14. The number of primary amides is 1. The Hall–Kier alpha value is -2.51. The number of benzene rings is 1. The Bertz CT molecular complexity index is 565. The minimum Gasteiger partial charge on any atom is -0.366 e. The maximum atomic E-state index is 11.2. The zero-order valence-corrected chi connectivity index (χ0v) is 9.16. The van der Waals surface area contributed by atoms with Gasteiger partial charge in [-0.25, -0.2) is 0 Å². The number of hydrogen-bond donors (Lipinski definition) is 1. The van der Waals surface area contributed by atoms with Gasteiger partial charge < -0.3 is 5.73 Å². The Kier molecular flexibility index (Phi) is 2.70. The third-order valence-corrected chi connectivity index (χ3v) is 2.82. The Morgan fingerprint density at radius 2 is 1.67 bits per heavy atom. The summed E-state index contributed by atoms with van der Waals surface area (Å²) in [4.78, 5) is 31.1. The van der Waals surface area contributed by atoms with Crippen LogP contribution in [0.2, 0.25) is 0 Å². The first kappa shape index (κ1) is 12.0. The normalized spacial score (nSPS) is 14.2. The SMILES string of the molecule is NC(=O)c1cc([N+](=O)[O-])c([N+](=O)[O-])cc1C1CC1. The monoisotopic (exact) mass is 251 g/mol. The van der Waals surface area contributed by atoms with Crippen LogP contribution in [0.15, 0.2) is 12.1 Å². The fourth-order valence-electron chi connectivity index (χ4n) is 1.83.